The SMILES string of the molecule is CCC(C)NC(=O)C(C)N(Cc1ccc(Cl)cc1Cl)C(=O)Cc1ccc(Cl)c(Cl)c1. The molecule has 0 radical (unpaired) electrons. The Morgan fingerprint density at radius 1 is 0.967 bits per heavy atom. The van der Waals surface area contributed by atoms with Crippen molar-refractivity contribution in [1.82, 2.24) is 10.2 Å². The van der Waals surface area contributed by atoms with Gasteiger partial charge >= 0.3 is 0 Å². The molecule has 0 bridgehead atoms. The van der Waals surface area contributed by atoms with Gasteiger partial charge in [0.15, 0.2) is 0 Å². The smallest absolute Gasteiger partial charge is 0.242 e. The van der Waals surface area contributed by atoms with Crippen LogP contribution >= 0.6 is 46.4 Å². The molecule has 8 heteroatoms. The van der Waals surface area contributed by atoms with Gasteiger partial charge in [-0.1, -0.05) is 65.5 Å². The Morgan fingerprint density at radius 3 is 2.27 bits per heavy atom. The van der Waals surface area contributed by atoms with Crippen molar-refractivity contribution in [3.05, 3.63) is 67.6 Å². The maximum atomic E-state index is 13.2. The fourth-order valence-corrected chi connectivity index (χ4v) is 3.60. The largest absolute Gasteiger partial charge is 0.352 e. The van der Waals surface area contributed by atoms with Crippen molar-refractivity contribution >= 4 is 58.2 Å². The normalized spacial score (nSPS) is 12.9. The van der Waals surface area contributed by atoms with E-state index in [9.17, 15) is 9.59 Å². The molecule has 2 aromatic carbocycles. The monoisotopic (exact) mass is 488 g/mol. The molecule has 0 aliphatic rings. The molecule has 2 amide bonds. The zero-order chi connectivity index (χ0) is 22.4. The summed E-state index contributed by atoms with van der Waals surface area (Å²) >= 11 is 24.3. The molecule has 0 saturated carbocycles. The van der Waals surface area contributed by atoms with Crippen LogP contribution in [0.5, 0.6) is 0 Å². The molecule has 2 rings (SSSR count). The summed E-state index contributed by atoms with van der Waals surface area (Å²) in [6.45, 7) is 5.78. The summed E-state index contributed by atoms with van der Waals surface area (Å²) in [7, 11) is 0. The number of halogens is 4. The molecule has 4 nitrogen and oxygen atoms in total. The lowest BCUT2D eigenvalue weighted by atomic mass is 10.1. The molecule has 162 valence electrons. The van der Waals surface area contributed by atoms with E-state index in [1.807, 2.05) is 13.8 Å². The van der Waals surface area contributed by atoms with Crippen molar-refractivity contribution in [2.45, 2.75) is 52.2 Å². The number of carbonyl (C=O) groups excluding carboxylic acids is 2. The lowest BCUT2D eigenvalue weighted by Gasteiger charge is -2.30. The second-order valence-electron chi connectivity index (χ2n) is 7.18. The van der Waals surface area contributed by atoms with Gasteiger partial charge in [0.1, 0.15) is 6.04 Å². The number of carbonyl (C=O) groups is 2. The van der Waals surface area contributed by atoms with Crippen LogP contribution in [0, 0.1) is 0 Å². The van der Waals surface area contributed by atoms with Crippen molar-refractivity contribution in [2.24, 2.45) is 0 Å². The third kappa shape index (κ3) is 6.78. The van der Waals surface area contributed by atoms with Gasteiger partial charge in [0.25, 0.3) is 0 Å². The van der Waals surface area contributed by atoms with E-state index >= 15 is 0 Å². The van der Waals surface area contributed by atoms with Gasteiger partial charge in [-0.25, -0.2) is 0 Å². The lowest BCUT2D eigenvalue weighted by molar-refractivity contribution is -0.140. The Morgan fingerprint density at radius 2 is 1.67 bits per heavy atom. The van der Waals surface area contributed by atoms with Gasteiger partial charge in [-0.2, -0.15) is 0 Å². The highest BCUT2D eigenvalue weighted by Gasteiger charge is 2.27. The first-order valence-electron chi connectivity index (χ1n) is 9.60. The van der Waals surface area contributed by atoms with E-state index in [4.69, 9.17) is 46.4 Å². The average Bonchev–Trinajstić information content (AvgIpc) is 2.69. The van der Waals surface area contributed by atoms with Gasteiger partial charge in [-0.3, -0.25) is 9.59 Å². The van der Waals surface area contributed by atoms with E-state index in [-0.39, 0.29) is 30.8 Å². The minimum Gasteiger partial charge on any atom is -0.352 e. The molecular weight excluding hydrogens is 466 g/mol. The van der Waals surface area contributed by atoms with Crippen LogP contribution in [0.2, 0.25) is 20.1 Å². The van der Waals surface area contributed by atoms with Crippen LogP contribution in [0.4, 0.5) is 0 Å². The summed E-state index contributed by atoms with van der Waals surface area (Å²) in [6, 6.07) is 9.42. The Bertz CT molecular complexity index is 920. The zero-order valence-corrected chi connectivity index (χ0v) is 20.0. The molecular formula is C22H24Cl4N2O2. The Labute approximate surface area is 197 Å². The molecule has 0 saturated heterocycles. The van der Waals surface area contributed by atoms with Crippen LogP contribution < -0.4 is 5.32 Å². The van der Waals surface area contributed by atoms with E-state index < -0.39 is 6.04 Å². The molecule has 0 heterocycles. The maximum Gasteiger partial charge on any atom is 0.242 e. The van der Waals surface area contributed by atoms with E-state index in [0.29, 0.717) is 31.2 Å². The van der Waals surface area contributed by atoms with Crippen LogP contribution in [0.15, 0.2) is 36.4 Å². The van der Waals surface area contributed by atoms with Crippen LogP contribution in [0.3, 0.4) is 0 Å². The molecule has 0 spiro atoms. The van der Waals surface area contributed by atoms with E-state index in [1.165, 1.54) is 4.90 Å². The molecule has 2 unspecified atom stereocenters. The standard InChI is InChI=1S/C22H24Cl4N2O2/c1-4-13(2)27-22(30)14(3)28(12-16-6-7-17(23)11-19(16)25)21(29)10-15-5-8-18(24)20(26)9-15/h5-9,11,13-14H,4,10,12H2,1-3H3,(H,27,30). The first-order valence-corrected chi connectivity index (χ1v) is 11.1. The maximum absolute atomic E-state index is 13.2. The summed E-state index contributed by atoms with van der Waals surface area (Å²) in [5.41, 5.74) is 1.41. The highest BCUT2D eigenvalue weighted by Crippen LogP contribution is 2.25. The number of hydrogen-bond donors (Lipinski definition) is 1. The molecule has 1 N–H and O–H groups in total. The summed E-state index contributed by atoms with van der Waals surface area (Å²) < 4.78 is 0. The molecule has 0 fully saturated rings. The Balaban J connectivity index is 2.29. The second kappa shape index (κ2) is 11.2. The summed E-state index contributed by atoms with van der Waals surface area (Å²) in [5.74, 6) is -0.455. The molecule has 2 atom stereocenters. The molecule has 0 aliphatic carbocycles. The lowest BCUT2D eigenvalue weighted by Crippen LogP contribution is -2.49. The minimum absolute atomic E-state index is 0.00564. The predicted molar refractivity (Wildman–Crippen MR) is 125 cm³/mol. The van der Waals surface area contributed by atoms with Crippen LogP contribution in [0.1, 0.15) is 38.3 Å². The van der Waals surface area contributed by atoms with Gasteiger partial charge in [0.2, 0.25) is 11.8 Å². The second-order valence-corrected chi connectivity index (χ2v) is 8.83. The van der Waals surface area contributed by atoms with E-state index in [1.54, 1.807) is 43.3 Å². The van der Waals surface area contributed by atoms with Crippen LogP contribution in [-0.2, 0) is 22.6 Å². The van der Waals surface area contributed by atoms with Gasteiger partial charge in [0, 0.05) is 22.6 Å². The van der Waals surface area contributed by atoms with Crippen molar-refractivity contribution in [1.29, 1.82) is 0 Å². The summed E-state index contributed by atoms with van der Waals surface area (Å²) in [6.07, 6.45) is 0.863. The Kier molecular flexibility index (Phi) is 9.30. The fraction of sp³-hybridized carbons (Fsp3) is 0.364. The number of benzene rings is 2. The fourth-order valence-electron chi connectivity index (χ4n) is 2.81. The molecule has 0 aromatic heterocycles. The van der Waals surface area contributed by atoms with Crippen molar-refractivity contribution in [3.63, 3.8) is 0 Å². The third-order valence-corrected chi connectivity index (χ3v) is 6.19. The zero-order valence-electron chi connectivity index (χ0n) is 17.0. The summed E-state index contributed by atoms with van der Waals surface area (Å²) in [4.78, 5) is 27.4. The summed E-state index contributed by atoms with van der Waals surface area (Å²) in [5, 5.41) is 4.65. The highest BCUT2D eigenvalue weighted by molar-refractivity contribution is 6.42. The van der Waals surface area contributed by atoms with Crippen molar-refractivity contribution in [3.8, 4) is 0 Å². The minimum atomic E-state index is -0.694. The first kappa shape index (κ1) is 24.8. The van der Waals surface area contributed by atoms with Crippen molar-refractivity contribution < 1.29 is 9.59 Å². The van der Waals surface area contributed by atoms with Crippen LogP contribution in [0.25, 0.3) is 0 Å². The number of nitrogens with zero attached hydrogens (tertiary/aromatic N) is 1. The van der Waals surface area contributed by atoms with E-state index in [2.05, 4.69) is 5.32 Å². The Hall–Kier alpha value is -1.46. The van der Waals surface area contributed by atoms with Gasteiger partial charge in [-0.15, -0.1) is 0 Å². The molecule has 2 aromatic rings. The van der Waals surface area contributed by atoms with Gasteiger partial charge < -0.3 is 10.2 Å². The van der Waals surface area contributed by atoms with Gasteiger partial charge in [0.05, 0.1) is 16.5 Å². The number of rotatable bonds is 8. The highest BCUT2D eigenvalue weighted by atomic mass is 35.5. The number of hydrogen-bond acceptors (Lipinski definition) is 2. The quantitative estimate of drug-likeness (QED) is 0.481. The van der Waals surface area contributed by atoms with Gasteiger partial charge in [-0.05, 0) is 55.7 Å². The number of nitrogens with one attached hydrogen (secondary N) is 1. The third-order valence-electron chi connectivity index (χ3n) is 4.86. The molecule has 0 aliphatic heterocycles. The van der Waals surface area contributed by atoms with E-state index in [0.717, 1.165) is 6.42 Å². The predicted octanol–water partition coefficient (Wildman–Crippen LogP) is 6.17. The number of amides is 2. The topological polar surface area (TPSA) is 49.4 Å². The first-order chi connectivity index (χ1) is 14.1. The van der Waals surface area contributed by atoms with Crippen LogP contribution in [-0.4, -0.2) is 28.8 Å². The average molecular weight is 490 g/mol. The van der Waals surface area contributed by atoms with Crippen molar-refractivity contribution in [2.75, 3.05) is 0 Å². The molecule has 30 heavy (non-hydrogen) atoms.